The molecule has 1 aliphatic heterocycles. The van der Waals surface area contributed by atoms with E-state index in [0.717, 1.165) is 61.5 Å². The van der Waals surface area contributed by atoms with Gasteiger partial charge >= 0.3 is 0 Å². The number of piperazine rings is 1. The van der Waals surface area contributed by atoms with Crippen molar-refractivity contribution in [3.05, 3.63) is 129 Å². The Morgan fingerprint density at radius 1 is 0.575 bits per heavy atom. The molecule has 1 heterocycles. The predicted octanol–water partition coefficient (Wildman–Crippen LogP) is 4.50. The van der Waals surface area contributed by atoms with Crippen molar-refractivity contribution in [2.45, 2.75) is 52.6 Å². The molecule has 0 aromatic heterocycles. The van der Waals surface area contributed by atoms with Gasteiger partial charge in [-0.3, -0.25) is 0 Å². The summed E-state index contributed by atoms with van der Waals surface area (Å²) in [6.45, 7) is 14.5. The third-order valence-electron chi connectivity index (χ3n) is 8.80. The predicted molar refractivity (Wildman–Crippen MR) is 162 cm³/mol. The SMILES string of the molecule is Cc1cc(C[NH+]2CC[NH+](Cc3cc(C)cc([C@@H](C)c4ccccc4)c3O)CC2)c(O)c([C@@H](C)c2ccccc2)c1. The van der Waals surface area contributed by atoms with E-state index in [2.05, 4.69) is 100 Å². The highest BCUT2D eigenvalue weighted by Gasteiger charge is 2.27. The molecule has 4 nitrogen and oxygen atoms in total. The lowest BCUT2D eigenvalue weighted by molar-refractivity contribution is -1.02. The molecule has 4 aromatic rings. The topological polar surface area (TPSA) is 49.3 Å². The van der Waals surface area contributed by atoms with Crippen molar-refractivity contribution in [1.82, 2.24) is 0 Å². The van der Waals surface area contributed by atoms with Crippen LogP contribution in [0.25, 0.3) is 0 Å². The van der Waals surface area contributed by atoms with E-state index < -0.39 is 0 Å². The molecule has 0 amide bonds. The molecule has 0 spiro atoms. The Morgan fingerprint density at radius 2 is 0.925 bits per heavy atom. The summed E-state index contributed by atoms with van der Waals surface area (Å²) in [5, 5.41) is 22.6. The maximum atomic E-state index is 11.3. The number of aromatic hydroxyl groups is 2. The molecular weight excluding hydrogens is 492 g/mol. The van der Waals surface area contributed by atoms with Crippen LogP contribution in [0.15, 0.2) is 84.9 Å². The summed E-state index contributed by atoms with van der Waals surface area (Å²) < 4.78 is 0. The van der Waals surface area contributed by atoms with Crippen molar-refractivity contribution in [3.63, 3.8) is 0 Å². The van der Waals surface area contributed by atoms with Gasteiger partial charge in [0, 0.05) is 34.1 Å². The van der Waals surface area contributed by atoms with Crippen LogP contribution in [0.5, 0.6) is 11.5 Å². The summed E-state index contributed by atoms with van der Waals surface area (Å²) in [5.74, 6) is 1.20. The van der Waals surface area contributed by atoms with E-state index in [1.165, 1.54) is 32.1 Å². The number of phenols is 2. The number of phenolic OH excluding ortho intramolecular Hbond substituents is 2. The molecule has 2 atom stereocenters. The average molecular weight is 537 g/mol. The standard InChI is InChI=1S/C36H42N2O2/c1-25-19-31(35(39)33(21-25)27(3)29-11-7-5-8-12-29)23-37-15-17-38(18-16-37)24-32-20-26(2)22-34(36(32)40)28(4)30-13-9-6-10-14-30/h5-14,19-22,27-28,39-40H,15-18,23-24H2,1-4H3/p+2/t27-,28-/m0/s1. The van der Waals surface area contributed by atoms with E-state index in [-0.39, 0.29) is 11.8 Å². The Hall–Kier alpha value is -3.60. The molecule has 0 bridgehead atoms. The molecular formula is C36H44N2O2+2. The van der Waals surface area contributed by atoms with E-state index in [1.54, 1.807) is 0 Å². The van der Waals surface area contributed by atoms with Crippen molar-refractivity contribution < 1.29 is 20.0 Å². The van der Waals surface area contributed by atoms with Gasteiger partial charge in [0.25, 0.3) is 0 Å². The maximum Gasteiger partial charge on any atom is 0.128 e. The lowest BCUT2D eigenvalue weighted by Crippen LogP contribution is -3.27. The number of rotatable bonds is 8. The summed E-state index contributed by atoms with van der Waals surface area (Å²) in [7, 11) is 0. The summed E-state index contributed by atoms with van der Waals surface area (Å²) in [5.41, 5.74) is 8.97. The minimum atomic E-state index is 0.146. The van der Waals surface area contributed by atoms with E-state index in [9.17, 15) is 10.2 Å². The first-order valence-corrected chi connectivity index (χ1v) is 14.7. The lowest BCUT2D eigenvalue weighted by atomic mass is 9.89. The van der Waals surface area contributed by atoms with Crippen molar-refractivity contribution in [2.75, 3.05) is 26.2 Å². The highest BCUT2D eigenvalue weighted by atomic mass is 16.3. The maximum absolute atomic E-state index is 11.3. The lowest BCUT2D eigenvalue weighted by Gasteiger charge is -2.30. The molecule has 40 heavy (non-hydrogen) atoms. The van der Waals surface area contributed by atoms with Gasteiger partial charge in [0.2, 0.25) is 0 Å². The van der Waals surface area contributed by atoms with Crippen molar-refractivity contribution >= 4 is 0 Å². The summed E-state index contributed by atoms with van der Waals surface area (Å²) in [4.78, 5) is 3.02. The third kappa shape index (κ3) is 6.24. The van der Waals surface area contributed by atoms with Gasteiger partial charge in [0.1, 0.15) is 50.8 Å². The van der Waals surface area contributed by atoms with Gasteiger partial charge in [-0.1, -0.05) is 97.8 Å². The van der Waals surface area contributed by atoms with Crippen LogP contribution in [0, 0.1) is 13.8 Å². The van der Waals surface area contributed by atoms with Crippen LogP contribution >= 0.6 is 0 Å². The van der Waals surface area contributed by atoms with Crippen molar-refractivity contribution in [1.29, 1.82) is 0 Å². The minimum absolute atomic E-state index is 0.146. The second-order valence-electron chi connectivity index (χ2n) is 11.8. The number of hydrogen-bond acceptors (Lipinski definition) is 2. The van der Waals surface area contributed by atoms with Gasteiger partial charge in [0.05, 0.1) is 0 Å². The zero-order chi connectivity index (χ0) is 28.2. The van der Waals surface area contributed by atoms with Gasteiger partial charge in [-0.2, -0.15) is 0 Å². The normalized spacial score (nSPS) is 18.8. The number of aryl methyl sites for hydroxylation is 2. The van der Waals surface area contributed by atoms with Crippen LogP contribution in [0.4, 0.5) is 0 Å². The first-order chi connectivity index (χ1) is 19.3. The molecule has 208 valence electrons. The number of quaternary nitrogens is 2. The third-order valence-corrected chi connectivity index (χ3v) is 8.80. The molecule has 4 aromatic carbocycles. The Bertz CT molecular complexity index is 1320. The number of hydrogen-bond donors (Lipinski definition) is 4. The van der Waals surface area contributed by atoms with Crippen LogP contribution in [-0.2, 0) is 13.1 Å². The quantitative estimate of drug-likeness (QED) is 0.268. The van der Waals surface area contributed by atoms with Gasteiger partial charge in [-0.25, -0.2) is 0 Å². The monoisotopic (exact) mass is 536 g/mol. The zero-order valence-corrected chi connectivity index (χ0v) is 24.4. The van der Waals surface area contributed by atoms with E-state index in [0.29, 0.717) is 11.5 Å². The van der Waals surface area contributed by atoms with Crippen LogP contribution in [0.1, 0.15) is 70.2 Å². The van der Waals surface area contributed by atoms with Crippen molar-refractivity contribution in [3.8, 4) is 11.5 Å². The highest BCUT2D eigenvalue weighted by Crippen LogP contribution is 2.35. The molecule has 1 aliphatic rings. The van der Waals surface area contributed by atoms with E-state index >= 15 is 0 Å². The van der Waals surface area contributed by atoms with Crippen LogP contribution in [-0.4, -0.2) is 36.4 Å². The minimum Gasteiger partial charge on any atom is -0.507 e. The first-order valence-electron chi connectivity index (χ1n) is 14.7. The van der Waals surface area contributed by atoms with Crippen LogP contribution in [0.3, 0.4) is 0 Å². The van der Waals surface area contributed by atoms with Crippen LogP contribution < -0.4 is 9.80 Å². The molecule has 0 unspecified atom stereocenters. The highest BCUT2D eigenvalue weighted by molar-refractivity contribution is 5.49. The van der Waals surface area contributed by atoms with Gasteiger partial charge in [-0.15, -0.1) is 0 Å². The molecule has 0 aliphatic carbocycles. The van der Waals surface area contributed by atoms with Gasteiger partial charge in [-0.05, 0) is 37.1 Å². The Labute approximate surface area is 239 Å². The molecule has 0 radical (unpaired) electrons. The zero-order valence-electron chi connectivity index (χ0n) is 24.4. The first kappa shape index (κ1) is 27.9. The average Bonchev–Trinajstić information content (AvgIpc) is 2.97. The Kier molecular flexibility index (Phi) is 8.58. The number of benzene rings is 4. The molecule has 1 fully saturated rings. The van der Waals surface area contributed by atoms with E-state index in [4.69, 9.17) is 0 Å². The Balaban J connectivity index is 1.25. The second-order valence-corrected chi connectivity index (χ2v) is 11.8. The molecule has 1 saturated heterocycles. The summed E-state index contributed by atoms with van der Waals surface area (Å²) in [6.07, 6.45) is 0. The van der Waals surface area contributed by atoms with Gasteiger partial charge in [0.15, 0.2) is 0 Å². The number of nitrogens with one attached hydrogen (secondary N) is 2. The van der Waals surface area contributed by atoms with Crippen molar-refractivity contribution in [2.24, 2.45) is 0 Å². The fourth-order valence-corrected chi connectivity index (χ4v) is 6.39. The molecule has 4 N–H and O–H groups in total. The summed E-state index contributed by atoms with van der Waals surface area (Å²) >= 11 is 0. The smallest absolute Gasteiger partial charge is 0.128 e. The largest absolute Gasteiger partial charge is 0.507 e. The molecule has 0 saturated carbocycles. The Morgan fingerprint density at radius 3 is 1.27 bits per heavy atom. The molecule has 4 heteroatoms. The fraction of sp³-hybridized carbons (Fsp3) is 0.333. The van der Waals surface area contributed by atoms with Crippen LogP contribution in [0.2, 0.25) is 0 Å². The second kappa shape index (κ2) is 12.3. The molecule has 5 rings (SSSR count). The fourth-order valence-electron chi connectivity index (χ4n) is 6.39. The summed E-state index contributed by atoms with van der Waals surface area (Å²) in [6, 6.07) is 29.4. The van der Waals surface area contributed by atoms with E-state index in [1.807, 2.05) is 12.1 Å². The van der Waals surface area contributed by atoms with Gasteiger partial charge < -0.3 is 20.0 Å².